The molecule has 0 aliphatic heterocycles. The van der Waals surface area contributed by atoms with Crippen molar-refractivity contribution in [2.24, 2.45) is 10.2 Å². The van der Waals surface area contributed by atoms with Gasteiger partial charge in [-0.25, -0.2) is 4.79 Å². The average molecular weight is 269 g/mol. The molecule has 5 nitrogen and oxygen atoms in total. The SMILES string of the molecule is CCOC(=O)c1sc(=NN=C(C)C)n(CC)c1C. The largest absolute Gasteiger partial charge is 0.462 e. The number of esters is 1. The lowest BCUT2D eigenvalue weighted by atomic mass is 10.4. The van der Waals surface area contributed by atoms with Crippen molar-refractivity contribution in [3.63, 3.8) is 0 Å². The van der Waals surface area contributed by atoms with Gasteiger partial charge in [-0.2, -0.15) is 5.10 Å². The first-order valence-electron chi connectivity index (χ1n) is 5.93. The first kappa shape index (κ1) is 14.6. The monoisotopic (exact) mass is 269 g/mol. The van der Waals surface area contributed by atoms with Gasteiger partial charge in [0.15, 0.2) is 0 Å². The van der Waals surface area contributed by atoms with Crippen LogP contribution in [-0.2, 0) is 11.3 Å². The summed E-state index contributed by atoms with van der Waals surface area (Å²) in [6.07, 6.45) is 0. The van der Waals surface area contributed by atoms with Gasteiger partial charge < -0.3 is 9.30 Å². The van der Waals surface area contributed by atoms with Crippen LogP contribution in [0.1, 0.15) is 43.1 Å². The van der Waals surface area contributed by atoms with Gasteiger partial charge in [0, 0.05) is 18.0 Å². The Hall–Kier alpha value is -1.43. The van der Waals surface area contributed by atoms with E-state index in [2.05, 4.69) is 10.2 Å². The van der Waals surface area contributed by atoms with Gasteiger partial charge in [-0.1, -0.05) is 11.3 Å². The zero-order chi connectivity index (χ0) is 13.7. The molecular formula is C12H19N3O2S. The highest BCUT2D eigenvalue weighted by molar-refractivity contribution is 7.11. The van der Waals surface area contributed by atoms with Crippen molar-refractivity contribution in [3.8, 4) is 0 Å². The van der Waals surface area contributed by atoms with E-state index in [1.165, 1.54) is 11.3 Å². The molecule has 0 bridgehead atoms. The summed E-state index contributed by atoms with van der Waals surface area (Å²) < 4.78 is 6.99. The van der Waals surface area contributed by atoms with Gasteiger partial charge in [-0.3, -0.25) is 0 Å². The molecule has 1 aromatic rings. The average Bonchev–Trinajstić information content (AvgIpc) is 2.63. The van der Waals surface area contributed by atoms with Gasteiger partial charge in [0.2, 0.25) is 4.80 Å². The van der Waals surface area contributed by atoms with E-state index in [1.807, 2.05) is 32.3 Å². The molecule has 0 N–H and O–H groups in total. The van der Waals surface area contributed by atoms with Gasteiger partial charge in [-0.05, 0) is 34.6 Å². The second-order valence-corrected chi connectivity index (χ2v) is 4.89. The summed E-state index contributed by atoms with van der Waals surface area (Å²) in [6.45, 7) is 10.6. The van der Waals surface area contributed by atoms with Crippen LogP contribution in [0.3, 0.4) is 0 Å². The van der Waals surface area contributed by atoms with E-state index < -0.39 is 0 Å². The lowest BCUT2D eigenvalue weighted by Gasteiger charge is -2.02. The van der Waals surface area contributed by atoms with Crippen molar-refractivity contribution in [3.05, 3.63) is 15.4 Å². The normalized spacial score (nSPS) is 11.5. The van der Waals surface area contributed by atoms with Crippen LogP contribution in [-0.4, -0.2) is 22.9 Å². The fraction of sp³-hybridized carbons (Fsp3) is 0.583. The summed E-state index contributed by atoms with van der Waals surface area (Å²) in [4.78, 5) is 13.1. The van der Waals surface area contributed by atoms with E-state index in [9.17, 15) is 4.79 Å². The van der Waals surface area contributed by atoms with Crippen molar-refractivity contribution in [2.75, 3.05) is 6.61 Å². The number of rotatable bonds is 4. The number of thiazole rings is 1. The Morgan fingerprint density at radius 1 is 1.39 bits per heavy atom. The summed E-state index contributed by atoms with van der Waals surface area (Å²) in [7, 11) is 0. The number of aromatic nitrogens is 1. The molecule has 0 aliphatic carbocycles. The number of hydrogen-bond donors (Lipinski definition) is 0. The second-order valence-electron chi connectivity index (χ2n) is 3.91. The van der Waals surface area contributed by atoms with Gasteiger partial charge in [0.05, 0.1) is 6.61 Å². The highest BCUT2D eigenvalue weighted by Crippen LogP contribution is 2.13. The zero-order valence-corrected chi connectivity index (χ0v) is 12.3. The molecule has 0 saturated heterocycles. The highest BCUT2D eigenvalue weighted by Gasteiger charge is 2.16. The summed E-state index contributed by atoms with van der Waals surface area (Å²) in [5, 5.41) is 8.20. The molecule has 0 amide bonds. The number of carbonyl (C=O) groups is 1. The van der Waals surface area contributed by atoms with Crippen LogP contribution in [0.25, 0.3) is 0 Å². The summed E-state index contributed by atoms with van der Waals surface area (Å²) >= 11 is 1.32. The molecule has 0 radical (unpaired) electrons. The predicted octanol–water partition coefficient (Wildman–Crippen LogP) is 2.35. The summed E-state index contributed by atoms with van der Waals surface area (Å²) in [5.41, 5.74) is 1.75. The summed E-state index contributed by atoms with van der Waals surface area (Å²) in [5.74, 6) is -0.291. The minimum Gasteiger partial charge on any atom is -0.462 e. The van der Waals surface area contributed by atoms with Crippen molar-refractivity contribution < 1.29 is 9.53 Å². The van der Waals surface area contributed by atoms with Gasteiger partial charge in [0.25, 0.3) is 0 Å². The van der Waals surface area contributed by atoms with Crippen molar-refractivity contribution >= 4 is 23.0 Å². The van der Waals surface area contributed by atoms with Crippen LogP contribution < -0.4 is 4.80 Å². The quantitative estimate of drug-likeness (QED) is 0.478. The van der Waals surface area contributed by atoms with Crippen LogP contribution >= 0.6 is 11.3 Å². The predicted molar refractivity (Wildman–Crippen MR) is 73.0 cm³/mol. The van der Waals surface area contributed by atoms with E-state index >= 15 is 0 Å². The van der Waals surface area contributed by atoms with Crippen LogP contribution in [0, 0.1) is 6.92 Å². The minimum atomic E-state index is -0.291. The third-order valence-electron chi connectivity index (χ3n) is 2.27. The summed E-state index contributed by atoms with van der Waals surface area (Å²) in [6, 6.07) is 0. The Labute approximate surface area is 111 Å². The lowest BCUT2D eigenvalue weighted by molar-refractivity contribution is 0.0530. The Morgan fingerprint density at radius 3 is 2.56 bits per heavy atom. The first-order valence-corrected chi connectivity index (χ1v) is 6.75. The van der Waals surface area contributed by atoms with Crippen molar-refractivity contribution in [1.29, 1.82) is 0 Å². The van der Waals surface area contributed by atoms with E-state index in [1.54, 1.807) is 6.92 Å². The third-order valence-corrected chi connectivity index (χ3v) is 3.42. The van der Waals surface area contributed by atoms with Crippen LogP contribution in [0.4, 0.5) is 0 Å². The smallest absolute Gasteiger partial charge is 0.350 e. The molecule has 1 heterocycles. The Balaban J connectivity index is 3.30. The lowest BCUT2D eigenvalue weighted by Crippen LogP contribution is -2.14. The van der Waals surface area contributed by atoms with Gasteiger partial charge >= 0.3 is 5.97 Å². The molecule has 0 spiro atoms. The van der Waals surface area contributed by atoms with E-state index in [-0.39, 0.29) is 5.97 Å². The molecule has 0 atom stereocenters. The molecule has 18 heavy (non-hydrogen) atoms. The van der Waals surface area contributed by atoms with E-state index in [0.29, 0.717) is 11.5 Å². The van der Waals surface area contributed by atoms with Crippen molar-refractivity contribution in [2.45, 2.75) is 41.2 Å². The van der Waals surface area contributed by atoms with Crippen LogP contribution in [0.5, 0.6) is 0 Å². The third kappa shape index (κ3) is 3.29. The molecular weight excluding hydrogens is 250 g/mol. The molecule has 1 aromatic heterocycles. The molecule has 0 aliphatic rings. The zero-order valence-electron chi connectivity index (χ0n) is 11.5. The van der Waals surface area contributed by atoms with Crippen LogP contribution in [0.15, 0.2) is 10.2 Å². The van der Waals surface area contributed by atoms with Gasteiger partial charge in [-0.15, -0.1) is 5.10 Å². The number of nitrogens with zero attached hydrogens (tertiary/aromatic N) is 3. The number of carbonyl (C=O) groups excluding carboxylic acids is 1. The highest BCUT2D eigenvalue weighted by atomic mass is 32.1. The molecule has 0 saturated carbocycles. The molecule has 0 fully saturated rings. The molecule has 0 aromatic carbocycles. The molecule has 6 heteroatoms. The Kier molecular flexibility index (Phi) is 5.27. The molecule has 0 unspecified atom stereocenters. The molecule has 1 rings (SSSR count). The van der Waals surface area contributed by atoms with Crippen LogP contribution in [0.2, 0.25) is 0 Å². The Bertz CT molecular complexity index is 522. The number of ether oxygens (including phenoxy) is 1. The van der Waals surface area contributed by atoms with Crippen molar-refractivity contribution in [1.82, 2.24) is 4.57 Å². The minimum absolute atomic E-state index is 0.291. The first-order chi connectivity index (χ1) is 8.51. The van der Waals surface area contributed by atoms with E-state index in [4.69, 9.17) is 4.74 Å². The maximum absolute atomic E-state index is 11.8. The second kappa shape index (κ2) is 6.49. The fourth-order valence-corrected chi connectivity index (χ4v) is 2.50. The van der Waals surface area contributed by atoms with Gasteiger partial charge in [0.1, 0.15) is 4.88 Å². The maximum Gasteiger partial charge on any atom is 0.350 e. The Morgan fingerprint density at radius 2 is 2.06 bits per heavy atom. The molecule has 100 valence electrons. The maximum atomic E-state index is 11.8. The number of hydrogen-bond acceptors (Lipinski definition) is 5. The topological polar surface area (TPSA) is 55.9 Å². The fourth-order valence-electron chi connectivity index (χ4n) is 1.46. The van der Waals surface area contributed by atoms with E-state index in [0.717, 1.165) is 22.8 Å². The standard InChI is InChI=1S/C12H19N3O2S/c1-6-15-9(5)10(11(16)17-7-2)18-12(15)14-13-8(3)4/h6-7H2,1-5H3.